The van der Waals surface area contributed by atoms with Gasteiger partial charge in [-0.15, -0.1) is 0 Å². The van der Waals surface area contributed by atoms with Gasteiger partial charge in [-0.2, -0.15) is 5.10 Å². The predicted octanol–water partition coefficient (Wildman–Crippen LogP) is 2.08. The predicted molar refractivity (Wildman–Crippen MR) is 80.9 cm³/mol. The lowest BCUT2D eigenvalue weighted by molar-refractivity contribution is 0.0688. The normalized spacial score (nSPS) is 11.4. The van der Waals surface area contributed by atoms with Crippen molar-refractivity contribution in [1.82, 2.24) is 15.1 Å². The number of nitrogens with one attached hydrogen (secondary N) is 1. The molecule has 0 amide bonds. The fourth-order valence-corrected chi connectivity index (χ4v) is 2.10. The molecule has 0 aliphatic rings. The van der Waals surface area contributed by atoms with Crippen LogP contribution in [0.2, 0.25) is 0 Å². The second-order valence-electron chi connectivity index (χ2n) is 5.36. The first-order valence-electron chi connectivity index (χ1n) is 7.45. The second kappa shape index (κ2) is 9.91. The van der Waals surface area contributed by atoms with Crippen LogP contribution >= 0.6 is 0 Å². The van der Waals surface area contributed by atoms with Crippen molar-refractivity contribution in [1.29, 1.82) is 0 Å². The van der Waals surface area contributed by atoms with E-state index in [-0.39, 0.29) is 0 Å². The summed E-state index contributed by atoms with van der Waals surface area (Å²) in [5, 5.41) is 7.99. The number of rotatable bonds is 11. The lowest BCUT2D eigenvalue weighted by Gasteiger charge is -2.07. The van der Waals surface area contributed by atoms with Gasteiger partial charge in [0, 0.05) is 39.1 Å². The van der Waals surface area contributed by atoms with Gasteiger partial charge in [-0.3, -0.25) is 4.68 Å². The average Bonchev–Trinajstić information content (AvgIpc) is 2.78. The van der Waals surface area contributed by atoms with Crippen LogP contribution in [0.1, 0.15) is 43.9 Å². The highest BCUT2D eigenvalue weighted by Gasteiger charge is 2.10. The van der Waals surface area contributed by atoms with Gasteiger partial charge in [0.15, 0.2) is 0 Å². The summed E-state index contributed by atoms with van der Waals surface area (Å²) in [6.45, 7) is 8.46. The molecule has 0 aliphatic heterocycles. The van der Waals surface area contributed by atoms with Gasteiger partial charge in [-0.25, -0.2) is 0 Å². The third-order valence-electron chi connectivity index (χ3n) is 3.12. The molecule has 0 saturated heterocycles. The molecule has 1 aromatic heterocycles. The topological polar surface area (TPSA) is 48.3 Å². The summed E-state index contributed by atoms with van der Waals surface area (Å²) in [4.78, 5) is 0. The van der Waals surface area contributed by atoms with E-state index in [0.29, 0.717) is 19.1 Å². The lowest BCUT2D eigenvalue weighted by Crippen LogP contribution is -2.16. The molecule has 1 aromatic rings. The summed E-state index contributed by atoms with van der Waals surface area (Å²) in [6.07, 6.45) is 4.32. The summed E-state index contributed by atoms with van der Waals surface area (Å²) in [7, 11) is 3.67. The zero-order valence-electron chi connectivity index (χ0n) is 13.3. The summed E-state index contributed by atoms with van der Waals surface area (Å²) in [6, 6.07) is 0. The van der Waals surface area contributed by atoms with Crippen LogP contribution in [0.3, 0.4) is 0 Å². The minimum absolute atomic E-state index is 0.474. The number of unbranched alkanes of at least 4 members (excludes halogenated alkanes) is 1. The Kier molecular flexibility index (Phi) is 8.49. The van der Waals surface area contributed by atoms with Crippen LogP contribution in [-0.4, -0.2) is 43.3 Å². The van der Waals surface area contributed by atoms with E-state index in [4.69, 9.17) is 9.47 Å². The Labute approximate surface area is 122 Å². The van der Waals surface area contributed by atoms with Crippen molar-refractivity contribution in [2.75, 3.05) is 33.5 Å². The molecule has 0 spiro atoms. The third-order valence-corrected chi connectivity index (χ3v) is 3.12. The van der Waals surface area contributed by atoms with Gasteiger partial charge < -0.3 is 14.8 Å². The molecule has 5 nitrogen and oxygen atoms in total. The fraction of sp³-hybridized carbons (Fsp3) is 0.800. The Hall–Kier alpha value is -0.910. The molecule has 0 bridgehead atoms. The Balaban J connectivity index is 2.09. The van der Waals surface area contributed by atoms with Crippen molar-refractivity contribution < 1.29 is 9.47 Å². The maximum atomic E-state index is 5.43. The molecule has 5 heteroatoms. The van der Waals surface area contributed by atoms with E-state index in [1.807, 2.05) is 11.7 Å². The number of aryl methyl sites for hydroxylation is 1. The highest BCUT2D eigenvalue weighted by molar-refractivity contribution is 5.19. The Bertz CT molecular complexity index is 364. The van der Waals surface area contributed by atoms with Crippen molar-refractivity contribution >= 4 is 0 Å². The first-order chi connectivity index (χ1) is 9.65. The molecule has 0 aromatic carbocycles. The number of ether oxygens (including phenoxy) is 2. The van der Waals surface area contributed by atoms with Gasteiger partial charge in [0.05, 0.1) is 18.9 Å². The molecule has 1 heterocycles. The lowest BCUT2D eigenvalue weighted by atomic mass is 10.1. The van der Waals surface area contributed by atoms with Gasteiger partial charge in [-0.1, -0.05) is 13.8 Å². The molecule has 20 heavy (non-hydrogen) atoms. The smallest absolute Gasteiger partial charge is 0.0700 e. The van der Waals surface area contributed by atoms with Crippen molar-refractivity contribution in [3.05, 3.63) is 17.5 Å². The summed E-state index contributed by atoms with van der Waals surface area (Å²) >= 11 is 0. The van der Waals surface area contributed by atoms with Gasteiger partial charge in [-0.05, 0) is 25.3 Å². The zero-order valence-corrected chi connectivity index (χ0v) is 13.3. The average molecular weight is 283 g/mol. The van der Waals surface area contributed by atoms with Crippen LogP contribution in [0.4, 0.5) is 0 Å². The zero-order chi connectivity index (χ0) is 14.8. The molecule has 0 saturated carbocycles. The van der Waals surface area contributed by atoms with Gasteiger partial charge in [0.25, 0.3) is 0 Å². The summed E-state index contributed by atoms with van der Waals surface area (Å²) in [5.74, 6) is 0.474. The largest absolute Gasteiger partial charge is 0.382 e. The number of methoxy groups -OCH3 is 1. The first-order valence-corrected chi connectivity index (χ1v) is 7.45. The van der Waals surface area contributed by atoms with Gasteiger partial charge in [0.2, 0.25) is 0 Å². The number of aromatic nitrogens is 2. The van der Waals surface area contributed by atoms with Crippen LogP contribution < -0.4 is 5.32 Å². The maximum absolute atomic E-state index is 5.43. The first kappa shape index (κ1) is 17.1. The fourth-order valence-electron chi connectivity index (χ4n) is 2.10. The molecule has 0 fully saturated rings. The molecular weight excluding hydrogens is 254 g/mol. The van der Waals surface area contributed by atoms with Crippen molar-refractivity contribution in [3.63, 3.8) is 0 Å². The van der Waals surface area contributed by atoms with Crippen LogP contribution in [0.15, 0.2) is 6.20 Å². The summed E-state index contributed by atoms with van der Waals surface area (Å²) < 4.78 is 12.2. The van der Waals surface area contributed by atoms with E-state index >= 15 is 0 Å². The van der Waals surface area contributed by atoms with E-state index in [1.54, 1.807) is 7.11 Å². The maximum Gasteiger partial charge on any atom is 0.0700 e. The monoisotopic (exact) mass is 283 g/mol. The van der Waals surface area contributed by atoms with E-state index in [0.717, 1.165) is 32.5 Å². The van der Waals surface area contributed by atoms with Crippen LogP contribution in [0, 0.1) is 0 Å². The minimum atomic E-state index is 0.474. The molecule has 0 atom stereocenters. The number of hydrogen-bond donors (Lipinski definition) is 1. The molecule has 0 aliphatic carbocycles. The third kappa shape index (κ3) is 6.50. The molecule has 0 unspecified atom stereocenters. The van der Waals surface area contributed by atoms with E-state index < -0.39 is 0 Å². The van der Waals surface area contributed by atoms with E-state index in [2.05, 4.69) is 30.5 Å². The Morgan fingerprint density at radius 3 is 2.75 bits per heavy atom. The Morgan fingerprint density at radius 1 is 1.25 bits per heavy atom. The molecule has 1 N–H and O–H groups in total. The molecule has 1 rings (SSSR count). The number of hydrogen-bond acceptors (Lipinski definition) is 4. The molecule has 0 radical (unpaired) electrons. The van der Waals surface area contributed by atoms with Crippen molar-refractivity contribution in [2.45, 2.75) is 39.2 Å². The highest BCUT2D eigenvalue weighted by atomic mass is 16.5. The molecular formula is C15H29N3O2. The van der Waals surface area contributed by atoms with E-state index in [1.165, 1.54) is 11.3 Å². The van der Waals surface area contributed by atoms with Gasteiger partial charge in [0.1, 0.15) is 0 Å². The van der Waals surface area contributed by atoms with Gasteiger partial charge >= 0.3 is 0 Å². The van der Waals surface area contributed by atoms with E-state index in [9.17, 15) is 0 Å². The van der Waals surface area contributed by atoms with Crippen LogP contribution in [0.5, 0.6) is 0 Å². The van der Waals surface area contributed by atoms with Crippen LogP contribution in [0.25, 0.3) is 0 Å². The van der Waals surface area contributed by atoms with Crippen LogP contribution in [-0.2, 0) is 23.1 Å². The minimum Gasteiger partial charge on any atom is -0.382 e. The van der Waals surface area contributed by atoms with Crippen molar-refractivity contribution in [3.8, 4) is 0 Å². The summed E-state index contributed by atoms with van der Waals surface area (Å²) in [5.41, 5.74) is 2.50. The number of nitrogens with zero attached hydrogens (tertiary/aromatic N) is 2. The van der Waals surface area contributed by atoms with Crippen molar-refractivity contribution in [2.24, 2.45) is 7.05 Å². The molecule has 116 valence electrons. The SMILES string of the molecule is COCCOCCCCNCc1cn(C)nc1C(C)C. The second-order valence-corrected chi connectivity index (χ2v) is 5.36. The standard InChI is InChI=1S/C15H29N3O2/c1-13(2)15-14(12-18(3)17-15)11-16-7-5-6-8-20-10-9-19-4/h12-13,16H,5-11H2,1-4H3. The highest BCUT2D eigenvalue weighted by Crippen LogP contribution is 2.16. The quantitative estimate of drug-likeness (QED) is 0.632. The Morgan fingerprint density at radius 2 is 2.05 bits per heavy atom.